The second kappa shape index (κ2) is 4.66. The van der Waals surface area contributed by atoms with Crippen LogP contribution in [0, 0.1) is 20.8 Å². The largest absolute Gasteiger partial charge is 0.346 e. The Balaban J connectivity index is 0.000000292. The van der Waals surface area contributed by atoms with E-state index in [1.165, 1.54) is 12.6 Å². The number of aromatic amines is 1. The molecule has 0 aliphatic rings. The van der Waals surface area contributed by atoms with E-state index < -0.39 is 0 Å². The van der Waals surface area contributed by atoms with Crippen molar-refractivity contribution in [3.8, 4) is 0 Å². The Kier molecular flexibility index (Phi) is 4.18. The molecule has 0 bridgehead atoms. The lowest BCUT2D eigenvalue weighted by Crippen LogP contribution is -1.71. The highest BCUT2D eigenvalue weighted by Gasteiger charge is 1.93. The lowest BCUT2D eigenvalue weighted by atomic mass is 10.4. The van der Waals surface area contributed by atoms with Crippen LogP contribution in [0.5, 0.6) is 0 Å². The molecule has 0 aliphatic carbocycles. The van der Waals surface area contributed by atoms with Crippen LogP contribution in [0.3, 0.4) is 0 Å². The van der Waals surface area contributed by atoms with Crippen LogP contribution in [0.25, 0.3) is 0 Å². The van der Waals surface area contributed by atoms with Gasteiger partial charge in [0.25, 0.3) is 0 Å². The number of imidazole rings is 1. The van der Waals surface area contributed by atoms with E-state index in [0.29, 0.717) is 0 Å². The van der Waals surface area contributed by atoms with Gasteiger partial charge in [0.1, 0.15) is 12.1 Å². The number of rotatable bonds is 0. The summed E-state index contributed by atoms with van der Waals surface area (Å²) in [6.45, 7) is 7.42. The standard InChI is InChI=1S/C6H10N2.C2H4O/c1-4-5(2)8-6(3)7-4;1-2-3/h1-3H3,(H,7,8);2H,1H3. The fourth-order valence-electron chi connectivity index (χ4n) is 0.725. The quantitative estimate of drug-likeness (QED) is 0.576. The van der Waals surface area contributed by atoms with Gasteiger partial charge >= 0.3 is 0 Å². The Hall–Kier alpha value is -1.12. The van der Waals surface area contributed by atoms with E-state index in [9.17, 15) is 0 Å². The molecule has 0 amide bonds. The first-order valence-corrected chi connectivity index (χ1v) is 3.51. The lowest BCUT2D eigenvalue weighted by Gasteiger charge is -1.79. The third-order valence-corrected chi connectivity index (χ3v) is 1.25. The minimum atomic E-state index is 0.750. The molecule has 1 aromatic rings. The summed E-state index contributed by atoms with van der Waals surface area (Å²) in [4.78, 5) is 16.1. The Labute approximate surface area is 66.9 Å². The molecule has 1 rings (SSSR count). The molecule has 0 aromatic carbocycles. The Morgan fingerprint density at radius 2 is 1.82 bits per heavy atom. The van der Waals surface area contributed by atoms with Gasteiger partial charge in [-0.15, -0.1) is 0 Å². The molecule has 62 valence electrons. The second-order valence-electron chi connectivity index (χ2n) is 2.27. The number of carbonyl (C=O) groups excluding carboxylic acids is 1. The monoisotopic (exact) mass is 154 g/mol. The van der Waals surface area contributed by atoms with Crippen molar-refractivity contribution < 1.29 is 4.79 Å². The number of nitrogens with one attached hydrogen (secondary N) is 1. The summed E-state index contributed by atoms with van der Waals surface area (Å²) in [5.74, 6) is 1.00. The summed E-state index contributed by atoms with van der Waals surface area (Å²) in [5, 5.41) is 0. The van der Waals surface area contributed by atoms with E-state index in [-0.39, 0.29) is 0 Å². The van der Waals surface area contributed by atoms with Crippen molar-refractivity contribution in [2.24, 2.45) is 0 Å². The first-order chi connectivity index (χ1) is 5.11. The van der Waals surface area contributed by atoms with Crippen LogP contribution < -0.4 is 0 Å². The highest BCUT2D eigenvalue weighted by atomic mass is 16.1. The number of aromatic nitrogens is 2. The zero-order chi connectivity index (χ0) is 8.85. The van der Waals surface area contributed by atoms with Crippen LogP contribution in [0.4, 0.5) is 0 Å². The number of carbonyl (C=O) groups is 1. The van der Waals surface area contributed by atoms with Crippen LogP contribution in [0.15, 0.2) is 0 Å². The molecule has 1 heterocycles. The highest BCUT2D eigenvalue weighted by Crippen LogP contribution is 1.99. The molecule has 11 heavy (non-hydrogen) atoms. The van der Waals surface area contributed by atoms with Crippen LogP contribution in [0.1, 0.15) is 24.1 Å². The van der Waals surface area contributed by atoms with Gasteiger partial charge in [0.2, 0.25) is 0 Å². The molecule has 0 atom stereocenters. The average molecular weight is 154 g/mol. The van der Waals surface area contributed by atoms with Crippen LogP contribution in [-0.2, 0) is 4.79 Å². The van der Waals surface area contributed by atoms with Crippen molar-refractivity contribution in [2.45, 2.75) is 27.7 Å². The van der Waals surface area contributed by atoms with Crippen molar-refractivity contribution in [2.75, 3.05) is 0 Å². The summed E-state index contributed by atoms with van der Waals surface area (Å²) in [7, 11) is 0. The Morgan fingerprint density at radius 1 is 1.36 bits per heavy atom. The van der Waals surface area contributed by atoms with Crippen molar-refractivity contribution in [3.63, 3.8) is 0 Å². The maximum absolute atomic E-state index is 8.81. The van der Waals surface area contributed by atoms with E-state index >= 15 is 0 Å². The summed E-state index contributed by atoms with van der Waals surface area (Å²) >= 11 is 0. The molecule has 1 N–H and O–H groups in total. The maximum Gasteiger partial charge on any atom is 0.116 e. The molecule has 0 fully saturated rings. The van der Waals surface area contributed by atoms with Crippen molar-refractivity contribution >= 4 is 6.29 Å². The van der Waals surface area contributed by atoms with Gasteiger partial charge in [0.05, 0.1) is 5.69 Å². The number of hydrogen-bond acceptors (Lipinski definition) is 2. The zero-order valence-corrected chi connectivity index (χ0v) is 7.43. The molecule has 0 aliphatic heterocycles. The van der Waals surface area contributed by atoms with Gasteiger partial charge in [-0.05, 0) is 27.7 Å². The predicted molar refractivity (Wildman–Crippen MR) is 44.5 cm³/mol. The first-order valence-electron chi connectivity index (χ1n) is 3.51. The molecule has 0 saturated heterocycles. The number of aryl methyl sites for hydroxylation is 3. The van der Waals surface area contributed by atoms with E-state index in [1.54, 1.807) is 0 Å². The highest BCUT2D eigenvalue weighted by molar-refractivity contribution is 5.44. The van der Waals surface area contributed by atoms with E-state index in [0.717, 1.165) is 17.8 Å². The van der Waals surface area contributed by atoms with Crippen LogP contribution in [0.2, 0.25) is 0 Å². The van der Waals surface area contributed by atoms with Crippen LogP contribution in [-0.4, -0.2) is 16.3 Å². The third kappa shape index (κ3) is 3.55. The first kappa shape index (κ1) is 9.88. The van der Waals surface area contributed by atoms with Gasteiger partial charge in [-0.3, -0.25) is 0 Å². The van der Waals surface area contributed by atoms with Crippen LogP contribution >= 0.6 is 0 Å². The molecule has 0 radical (unpaired) electrons. The molecule has 3 nitrogen and oxygen atoms in total. The van der Waals surface area contributed by atoms with Crippen molar-refractivity contribution in [1.82, 2.24) is 9.97 Å². The summed E-state index contributed by atoms with van der Waals surface area (Å²) < 4.78 is 0. The number of nitrogens with zero attached hydrogens (tertiary/aromatic N) is 1. The fourth-order valence-corrected chi connectivity index (χ4v) is 0.725. The number of aldehydes is 1. The molecular formula is C8H14N2O. The Morgan fingerprint density at radius 3 is 1.91 bits per heavy atom. The normalized spacial score (nSPS) is 8.36. The zero-order valence-electron chi connectivity index (χ0n) is 7.43. The molecule has 0 spiro atoms. The fraction of sp³-hybridized carbons (Fsp3) is 0.500. The lowest BCUT2D eigenvalue weighted by molar-refractivity contribution is -0.106. The SMILES string of the molecule is CC=O.Cc1nc(C)c(C)[nH]1. The Bertz CT molecular complexity index is 208. The van der Waals surface area contributed by atoms with Gasteiger partial charge < -0.3 is 9.78 Å². The second-order valence-corrected chi connectivity index (χ2v) is 2.27. The number of H-pyrrole nitrogens is 1. The molecule has 3 heteroatoms. The van der Waals surface area contributed by atoms with Crippen molar-refractivity contribution in [3.05, 3.63) is 17.2 Å². The predicted octanol–water partition coefficient (Wildman–Crippen LogP) is 1.54. The smallest absolute Gasteiger partial charge is 0.116 e. The van der Waals surface area contributed by atoms with E-state index in [1.807, 2.05) is 20.8 Å². The summed E-state index contributed by atoms with van der Waals surface area (Å²) in [6, 6.07) is 0. The van der Waals surface area contributed by atoms with Crippen molar-refractivity contribution in [1.29, 1.82) is 0 Å². The summed E-state index contributed by atoms with van der Waals surface area (Å²) in [6.07, 6.45) is 0.750. The van der Waals surface area contributed by atoms with Gasteiger partial charge in [-0.2, -0.15) is 0 Å². The minimum absolute atomic E-state index is 0.750. The van der Waals surface area contributed by atoms with E-state index in [2.05, 4.69) is 9.97 Å². The molecule has 1 aromatic heterocycles. The van der Waals surface area contributed by atoms with Gasteiger partial charge in [0.15, 0.2) is 0 Å². The topological polar surface area (TPSA) is 45.8 Å². The van der Waals surface area contributed by atoms with Gasteiger partial charge in [-0.25, -0.2) is 4.98 Å². The average Bonchev–Trinajstić information content (AvgIpc) is 2.12. The van der Waals surface area contributed by atoms with Gasteiger partial charge in [0, 0.05) is 5.69 Å². The molecule has 0 saturated carbocycles. The number of hydrogen-bond donors (Lipinski definition) is 1. The van der Waals surface area contributed by atoms with Gasteiger partial charge in [-0.1, -0.05) is 0 Å². The minimum Gasteiger partial charge on any atom is -0.346 e. The van der Waals surface area contributed by atoms with E-state index in [4.69, 9.17) is 4.79 Å². The molecular weight excluding hydrogens is 140 g/mol. The summed E-state index contributed by atoms with van der Waals surface area (Å²) in [5.41, 5.74) is 2.27. The third-order valence-electron chi connectivity index (χ3n) is 1.25. The molecule has 0 unspecified atom stereocenters. The maximum atomic E-state index is 8.81.